The molecule has 0 saturated carbocycles. The van der Waals surface area contributed by atoms with Gasteiger partial charge in [0, 0.05) is 43.9 Å². The SMILES string of the molecule is Cc1ccc(-c2cc(C(=O)N3CCN(C(=O)c4cc(C)no4)CC3)c3cnn(C(C)C)c3n2)cc1. The molecule has 1 aliphatic rings. The quantitative estimate of drug-likeness (QED) is 0.447. The lowest BCUT2D eigenvalue weighted by Crippen LogP contribution is -2.50. The predicted octanol–water partition coefficient (Wildman–Crippen LogP) is 3.88. The second kappa shape index (κ2) is 8.98. The molecular formula is C26H28N6O3. The lowest BCUT2D eigenvalue weighted by Gasteiger charge is -2.34. The number of rotatable bonds is 4. The Morgan fingerprint density at radius 1 is 0.943 bits per heavy atom. The first-order valence-corrected chi connectivity index (χ1v) is 11.8. The van der Waals surface area contributed by atoms with Crippen LogP contribution in [0, 0.1) is 13.8 Å². The Kier molecular flexibility index (Phi) is 5.84. The number of carbonyl (C=O) groups is 2. The van der Waals surface area contributed by atoms with Crippen LogP contribution in [-0.4, -0.2) is 67.7 Å². The summed E-state index contributed by atoms with van der Waals surface area (Å²) in [5.74, 6) is -0.0671. The second-order valence-corrected chi connectivity index (χ2v) is 9.26. The van der Waals surface area contributed by atoms with Crippen LogP contribution in [0.1, 0.15) is 52.1 Å². The van der Waals surface area contributed by atoms with Gasteiger partial charge in [-0.25, -0.2) is 9.67 Å². The fraction of sp³-hybridized carbons (Fsp3) is 0.346. The number of hydrogen-bond donors (Lipinski definition) is 0. The van der Waals surface area contributed by atoms with Crippen LogP contribution in [0.3, 0.4) is 0 Å². The van der Waals surface area contributed by atoms with Crippen molar-refractivity contribution in [3.63, 3.8) is 0 Å². The van der Waals surface area contributed by atoms with Crippen molar-refractivity contribution in [1.82, 2.24) is 29.7 Å². The summed E-state index contributed by atoms with van der Waals surface area (Å²) in [4.78, 5) is 34.8. The molecule has 0 N–H and O–H groups in total. The average Bonchev–Trinajstić information content (AvgIpc) is 3.49. The van der Waals surface area contributed by atoms with E-state index in [0.29, 0.717) is 43.1 Å². The number of aromatic nitrogens is 4. The van der Waals surface area contributed by atoms with Gasteiger partial charge in [-0.1, -0.05) is 35.0 Å². The van der Waals surface area contributed by atoms with Crippen LogP contribution in [0.25, 0.3) is 22.3 Å². The minimum absolute atomic E-state index is 0.0864. The monoisotopic (exact) mass is 472 g/mol. The van der Waals surface area contributed by atoms with E-state index in [0.717, 1.165) is 22.2 Å². The average molecular weight is 473 g/mol. The molecule has 9 nitrogen and oxygen atoms in total. The van der Waals surface area contributed by atoms with E-state index in [9.17, 15) is 9.59 Å². The smallest absolute Gasteiger partial charge is 0.292 e. The van der Waals surface area contributed by atoms with Crippen LogP contribution in [-0.2, 0) is 0 Å². The highest BCUT2D eigenvalue weighted by molar-refractivity contribution is 6.06. The zero-order chi connectivity index (χ0) is 24.7. The lowest BCUT2D eigenvalue weighted by atomic mass is 10.0. The van der Waals surface area contributed by atoms with Gasteiger partial charge in [0.2, 0.25) is 5.76 Å². The van der Waals surface area contributed by atoms with Gasteiger partial charge in [0.25, 0.3) is 11.8 Å². The number of amides is 2. The first-order chi connectivity index (χ1) is 16.8. The molecular weight excluding hydrogens is 444 g/mol. The number of hydrogen-bond acceptors (Lipinski definition) is 6. The molecule has 1 saturated heterocycles. The Labute approximate surface area is 203 Å². The minimum atomic E-state index is -0.205. The molecule has 0 unspecified atom stereocenters. The van der Waals surface area contributed by atoms with Gasteiger partial charge in [0.15, 0.2) is 5.65 Å². The summed E-state index contributed by atoms with van der Waals surface area (Å²) in [7, 11) is 0. The molecule has 9 heteroatoms. The van der Waals surface area contributed by atoms with Crippen LogP contribution in [0.5, 0.6) is 0 Å². The van der Waals surface area contributed by atoms with E-state index >= 15 is 0 Å². The van der Waals surface area contributed by atoms with Crippen molar-refractivity contribution < 1.29 is 14.1 Å². The fourth-order valence-electron chi connectivity index (χ4n) is 4.35. The van der Waals surface area contributed by atoms with Crippen LogP contribution >= 0.6 is 0 Å². The van der Waals surface area contributed by atoms with E-state index in [1.165, 1.54) is 0 Å². The van der Waals surface area contributed by atoms with Crippen LogP contribution in [0.15, 0.2) is 47.1 Å². The summed E-state index contributed by atoms with van der Waals surface area (Å²) in [6.45, 7) is 9.61. The van der Waals surface area contributed by atoms with Gasteiger partial charge in [-0.15, -0.1) is 0 Å². The number of fused-ring (bicyclic) bond motifs is 1. The van der Waals surface area contributed by atoms with Crippen LogP contribution < -0.4 is 0 Å². The molecule has 35 heavy (non-hydrogen) atoms. The first kappa shape index (κ1) is 22.8. The molecule has 0 spiro atoms. The number of carbonyl (C=O) groups excluding carboxylic acids is 2. The lowest BCUT2D eigenvalue weighted by molar-refractivity contribution is 0.0513. The number of pyridine rings is 1. The Bertz CT molecular complexity index is 1390. The molecule has 0 aliphatic carbocycles. The van der Waals surface area contributed by atoms with Gasteiger partial charge in [-0.2, -0.15) is 5.10 Å². The van der Waals surface area contributed by atoms with Gasteiger partial charge >= 0.3 is 0 Å². The fourth-order valence-corrected chi connectivity index (χ4v) is 4.35. The Morgan fingerprint density at radius 2 is 1.60 bits per heavy atom. The van der Waals surface area contributed by atoms with Crippen molar-refractivity contribution >= 4 is 22.8 Å². The number of piperazine rings is 1. The summed E-state index contributed by atoms with van der Waals surface area (Å²) < 4.78 is 6.96. The van der Waals surface area contributed by atoms with Crippen molar-refractivity contribution in [2.24, 2.45) is 0 Å². The molecule has 2 amide bonds. The summed E-state index contributed by atoms with van der Waals surface area (Å²) >= 11 is 0. The van der Waals surface area contributed by atoms with Crippen molar-refractivity contribution in [2.45, 2.75) is 33.7 Å². The van der Waals surface area contributed by atoms with Crippen molar-refractivity contribution in [3.8, 4) is 11.3 Å². The zero-order valence-electron chi connectivity index (χ0n) is 20.4. The Balaban J connectivity index is 1.44. The van der Waals surface area contributed by atoms with Crippen molar-refractivity contribution in [2.75, 3.05) is 26.2 Å². The van der Waals surface area contributed by atoms with Crippen LogP contribution in [0.2, 0.25) is 0 Å². The maximum Gasteiger partial charge on any atom is 0.292 e. The molecule has 180 valence electrons. The normalized spacial score (nSPS) is 14.2. The molecule has 1 fully saturated rings. The third kappa shape index (κ3) is 4.29. The standard InChI is InChI=1S/C26H28N6O3/c1-16(2)32-24-21(15-27-32)20(14-22(28-24)19-7-5-17(3)6-8-19)25(33)30-9-11-31(12-10-30)26(34)23-13-18(4)29-35-23/h5-8,13-16H,9-12H2,1-4H3. The van der Waals surface area contributed by atoms with E-state index in [-0.39, 0.29) is 23.6 Å². The molecule has 3 aromatic heterocycles. The first-order valence-electron chi connectivity index (χ1n) is 11.8. The summed E-state index contributed by atoms with van der Waals surface area (Å²) in [6.07, 6.45) is 1.72. The molecule has 4 heterocycles. The van der Waals surface area contributed by atoms with Crippen molar-refractivity contribution in [1.29, 1.82) is 0 Å². The molecule has 0 radical (unpaired) electrons. The predicted molar refractivity (Wildman–Crippen MR) is 131 cm³/mol. The number of nitrogens with zero attached hydrogens (tertiary/aromatic N) is 6. The van der Waals surface area contributed by atoms with Crippen molar-refractivity contribution in [3.05, 3.63) is 65.2 Å². The number of benzene rings is 1. The minimum Gasteiger partial charge on any atom is -0.351 e. The topological polar surface area (TPSA) is 97.4 Å². The third-order valence-electron chi connectivity index (χ3n) is 6.33. The van der Waals surface area contributed by atoms with Gasteiger partial charge in [-0.3, -0.25) is 9.59 Å². The molecule has 0 bridgehead atoms. The van der Waals surface area contributed by atoms with E-state index < -0.39 is 0 Å². The van der Waals surface area contributed by atoms with E-state index in [1.54, 1.807) is 29.0 Å². The highest BCUT2D eigenvalue weighted by Gasteiger charge is 2.29. The van der Waals surface area contributed by atoms with Crippen LogP contribution in [0.4, 0.5) is 0 Å². The Hall–Kier alpha value is -4.01. The Morgan fingerprint density at radius 3 is 2.20 bits per heavy atom. The van der Waals surface area contributed by atoms with E-state index in [2.05, 4.69) is 10.3 Å². The van der Waals surface area contributed by atoms with E-state index in [1.807, 2.05) is 55.8 Å². The summed E-state index contributed by atoms with van der Waals surface area (Å²) in [6, 6.07) is 11.7. The highest BCUT2D eigenvalue weighted by Crippen LogP contribution is 2.28. The van der Waals surface area contributed by atoms with Gasteiger partial charge in [-0.05, 0) is 33.8 Å². The maximum absolute atomic E-state index is 13.7. The largest absolute Gasteiger partial charge is 0.351 e. The second-order valence-electron chi connectivity index (χ2n) is 9.26. The maximum atomic E-state index is 13.7. The summed E-state index contributed by atoms with van der Waals surface area (Å²) in [5.41, 5.74) is 4.76. The zero-order valence-corrected chi connectivity index (χ0v) is 20.4. The number of aryl methyl sites for hydroxylation is 2. The molecule has 4 aromatic rings. The molecule has 1 aliphatic heterocycles. The molecule has 0 atom stereocenters. The van der Waals surface area contributed by atoms with Gasteiger partial charge in [0.05, 0.1) is 28.5 Å². The highest BCUT2D eigenvalue weighted by atomic mass is 16.5. The third-order valence-corrected chi connectivity index (χ3v) is 6.33. The van der Waals surface area contributed by atoms with Gasteiger partial charge < -0.3 is 14.3 Å². The molecule has 5 rings (SSSR count). The van der Waals surface area contributed by atoms with Gasteiger partial charge in [0.1, 0.15) is 0 Å². The van der Waals surface area contributed by atoms with E-state index in [4.69, 9.17) is 9.51 Å². The summed E-state index contributed by atoms with van der Waals surface area (Å²) in [5, 5.41) is 9.04. The molecule has 1 aromatic carbocycles.